The molecule has 1 aromatic carbocycles. The minimum Gasteiger partial charge on any atom is -0.323 e. The Hall–Kier alpha value is -0.670. The maximum atomic E-state index is 11.3. The van der Waals surface area contributed by atoms with Crippen molar-refractivity contribution >= 4 is 10.8 Å². The number of nitrogens with two attached hydrogens (primary N) is 1. The highest BCUT2D eigenvalue weighted by Gasteiger charge is 2.10. The van der Waals surface area contributed by atoms with Crippen molar-refractivity contribution in [3.63, 3.8) is 0 Å². The van der Waals surface area contributed by atoms with Crippen LogP contribution in [-0.2, 0) is 10.8 Å². The van der Waals surface area contributed by atoms with Gasteiger partial charge in [0.1, 0.15) is 0 Å². The molecule has 0 amide bonds. The second-order valence-electron chi connectivity index (χ2n) is 3.36. The van der Waals surface area contributed by atoms with E-state index in [1.165, 1.54) is 5.56 Å². The van der Waals surface area contributed by atoms with Crippen LogP contribution in [0.25, 0.3) is 0 Å². The molecular formula is C11H17NOS. The summed E-state index contributed by atoms with van der Waals surface area (Å²) < 4.78 is 11.3. The van der Waals surface area contributed by atoms with Crippen molar-refractivity contribution in [2.24, 2.45) is 5.73 Å². The molecule has 1 aromatic rings. The van der Waals surface area contributed by atoms with Gasteiger partial charge in [-0.05, 0) is 18.1 Å². The fourth-order valence-corrected chi connectivity index (χ4v) is 2.23. The summed E-state index contributed by atoms with van der Waals surface area (Å²) in [7, 11) is -0.791. The summed E-state index contributed by atoms with van der Waals surface area (Å²) >= 11 is 0. The Balaban J connectivity index is 2.74. The van der Waals surface area contributed by atoms with Gasteiger partial charge < -0.3 is 5.73 Å². The average molecular weight is 211 g/mol. The van der Waals surface area contributed by atoms with Crippen LogP contribution in [0.3, 0.4) is 0 Å². The summed E-state index contributed by atoms with van der Waals surface area (Å²) in [6, 6.07) is 7.90. The first kappa shape index (κ1) is 11.4. The molecule has 0 aromatic heterocycles. The molecule has 0 aliphatic heterocycles. The molecule has 0 bridgehead atoms. The predicted octanol–water partition coefficient (Wildman–Crippen LogP) is 1.76. The smallest absolute Gasteiger partial charge is 0.0428 e. The third-order valence-corrected chi connectivity index (χ3v) is 3.65. The van der Waals surface area contributed by atoms with E-state index >= 15 is 0 Å². The van der Waals surface area contributed by atoms with Gasteiger partial charge in [-0.15, -0.1) is 0 Å². The second-order valence-corrected chi connectivity index (χ2v) is 5.15. The van der Waals surface area contributed by atoms with Crippen molar-refractivity contribution in [2.45, 2.75) is 19.9 Å². The highest BCUT2D eigenvalue weighted by atomic mass is 32.2. The molecule has 3 heteroatoms. The van der Waals surface area contributed by atoms with Crippen LogP contribution in [0.1, 0.15) is 24.1 Å². The Morgan fingerprint density at radius 3 is 2.64 bits per heavy atom. The Morgan fingerprint density at radius 1 is 1.43 bits per heavy atom. The van der Waals surface area contributed by atoms with Gasteiger partial charge in [-0.2, -0.15) is 0 Å². The summed E-state index contributed by atoms with van der Waals surface area (Å²) in [6.07, 6.45) is 0. The monoisotopic (exact) mass is 211 g/mol. The lowest BCUT2D eigenvalue weighted by Gasteiger charge is -2.13. The van der Waals surface area contributed by atoms with Crippen LogP contribution in [-0.4, -0.2) is 15.7 Å². The topological polar surface area (TPSA) is 43.1 Å². The Kier molecular flexibility index (Phi) is 4.29. The molecule has 0 heterocycles. The average Bonchev–Trinajstić information content (AvgIpc) is 2.18. The lowest BCUT2D eigenvalue weighted by molar-refractivity contribution is 0.675. The van der Waals surface area contributed by atoms with Gasteiger partial charge in [-0.1, -0.05) is 31.2 Å². The van der Waals surface area contributed by atoms with Gasteiger partial charge in [0.05, 0.1) is 0 Å². The fourth-order valence-electron chi connectivity index (χ4n) is 1.41. The minimum absolute atomic E-state index is 0.100. The first-order valence-electron chi connectivity index (χ1n) is 4.81. The molecule has 2 nitrogen and oxygen atoms in total. The molecule has 0 aliphatic carbocycles. The van der Waals surface area contributed by atoms with E-state index in [1.807, 2.05) is 38.1 Å². The number of hydrogen-bond donors (Lipinski definition) is 1. The van der Waals surface area contributed by atoms with Crippen LogP contribution in [0.5, 0.6) is 0 Å². The lowest BCUT2D eigenvalue weighted by Crippen LogP contribution is -2.19. The number of rotatable bonds is 4. The standard InChI is InChI=1S/C11H17NOS/c1-3-14(13)8-11(12)10-7-5-4-6-9(10)2/h4-7,11H,3,8,12H2,1-2H3. The van der Waals surface area contributed by atoms with E-state index in [9.17, 15) is 4.21 Å². The van der Waals surface area contributed by atoms with Gasteiger partial charge in [0.2, 0.25) is 0 Å². The first-order chi connectivity index (χ1) is 6.65. The zero-order valence-corrected chi connectivity index (χ0v) is 9.51. The molecule has 0 fully saturated rings. The van der Waals surface area contributed by atoms with Crippen molar-refractivity contribution in [3.05, 3.63) is 35.4 Å². The maximum Gasteiger partial charge on any atom is 0.0428 e. The minimum atomic E-state index is -0.791. The molecule has 1 rings (SSSR count). The van der Waals surface area contributed by atoms with Crippen molar-refractivity contribution in [1.82, 2.24) is 0 Å². The summed E-state index contributed by atoms with van der Waals surface area (Å²) in [5.74, 6) is 1.24. The molecule has 0 saturated heterocycles. The number of aryl methyl sites for hydroxylation is 1. The molecule has 0 radical (unpaired) electrons. The third kappa shape index (κ3) is 2.93. The van der Waals surface area contributed by atoms with E-state index in [4.69, 9.17) is 5.73 Å². The summed E-state index contributed by atoms with van der Waals surface area (Å²) in [5, 5.41) is 0. The summed E-state index contributed by atoms with van der Waals surface area (Å²) in [6.45, 7) is 3.95. The highest BCUT2D eigenvalue weighted by molar-refractivity contribution is 7.84. The highest BCUT2D eigenvalue weighted by Crippen LogP contribution is 2.15. The normalized spacial score (nSPS) is 15.1. The molecule has 78 valence electrons. The van der Waals surface area contributed by atoms with Crippen LogP contribution >= 0.6 is 0 Å². The molecule has 14 heavy (non-hydrogen) atoms. The van der Waals surface area contributed by atoms with E-state index in [2.05, 4.69) is 0 Å². The largest absolute Gasteiger partial charge is 0.323 e. The quantitative estimate of drug-likeness (QED) is 0.824. The van der Waals surface area contributed by atoms with Gasteiger partial charge >= 0.3 is 0 Å². The predicted molar refractivity (Wildman–Crippen MR) is 61.7 cm³/mol. The molecular weight excluding hydrogens is 194 g/mol. The number of benzene rings is 1. The third-order valence-electron chi connectivity index (χ3n) is 2.28. The molecule has 0 saturated carbocycles. The molecule has 2 unspecified atom stereocenters. The van der Waals surface area contributed by atoms with E-state index in [1.54, 1.807) is 0 Å². The van der Waals surface area contributed by atoms with Crippen LogP contribution in [0, 0.1) is 6.92 Å². The lowest BCUT2D eigenvalue weighted by atomic mass is 10.0. The van der Waals surface area contributed by atoms with Crippen LogP contribution in [0.2, 0.25) is 0 Å². The van der Waals surface area contributed by atoms with Crippen molar-refractivity contribution < 1.29 is 4.21 Å². The maximum absolute atomic E-state index is 11.3. The Morgan fingerprint density at radius 2 is 2.07 bits per heavy atom. The summed E-state index contributed by atoms with van der Waals surface area (Å²) in [4.78, 5) is 0. The molecule has 2 atom stereocenters. The first-order valence-corrected chi connectivity index (χ1v) is 6.30. The molecule has 0 spiro atoms. The summed E-state index contributed by atoms with van der Waals surface area (Å²) in [5.41, 5.74) is 8.26. The van der Waals surface area contributed by atoms with Crippen molar-refractivity contribution in [2.75, 3.05) is 11.5 Å². The van der Waals surface area contributed by atoms with Crippen LogP contribution < -0.4 is 5.73 Å². The Labute approximate surface area is 88.0 Å². The van der Waals surface area contributed by atoms with Crippen LogP contribution in [0.15, 0.2) is 24.3 Å². The zero-order chi connectivity index (χ0) is 10.6. The molecule has 0 aliphatic rings. The van der Waals surface area contributed by atoms with Gasteiger partial charge in [-0.3, -0.25) is 4.21 Å². The van der Waals surface area contributed by atoms with Gasteiger partial charge in [0, 0.05) is 28.3 Å². The van der Waals surface area contributed by atoms with Gasteiger partial charge in [0.15, 0.2) is 0 Å². The Bertz CT molecular complexity index is 325. The van der Waals surface area contributed by atoms with Gasteiger partial charge in [-0.25, -0.2) is 0 Å². The zero-order valence-electron chi connectivity index (χ0n) is 8.69. The van der Waals surface area contributed by atoms with E-state index in [0.717, 1.165) is 5.56 Å². The van der Waals surface area contributed by atoms with E-state index in [0.29, 0.717) is 11.5 Å². The van der Waals surface area contributed by atoms with Crippen LogP contribution in [0.4, 0.5) is 0 Å². The fraction of sp³-hybridized carbons (Fsp3) is 0.455. The van der Waals surface area contributed by atoms with E-state index in [-0.39, 0.29) is 6.04 Å². The van der Waals surface area contributed by atoms with Crippen molar-refractivity contribution in [3.8, 4) is 0 Å². The SMILES string of the molecule is CCS(=O)CC(N)c1ccccc1C. The number of hydrogen-bond acceptors (Lipinski definition) is 2. The van der Waals surface area contributed by atoms with Crippen molar-refractivity contribution in [1.29, 1.82) is 0 Å². The van der Waals surface area contributed by atoms with Gasteiger partial charge in [0.25, 0.3) is 0 Å². The molecule has 2 N–H and O–H groups in total. The van der Waals surface area contributed by atoms with E-state index < -0.39 is 10.8 Å². The second kappa shape index (κ2) is 5.27.